The summed E-state index contributed by atoms with van der Waals surface area (Å²) in [7, 11) is 0. The lowest BCUT2D eigenvalue weighted by molar-refractivity contribution is 0.0132. The topological polar surface area (TPSA) is 150 Å². The van der Waals surface area contributed by atoms with Crippen molar-refractivity contribution in [3.63, 3.8) is 0 Å². The molecule has 0 aliphatic heterocycles. The predicted octanol–water partition coefficient (Wildman–Crippen LogP) is 3.32. The van der Waals surface area contributed by atoms with Crippen molar-refractivity contribution < 1.29 is 27.9 Å². The van der Waals surface area contributed by atoms with Gasteiger partial charge in [0.2, 0.25) is 0 Å². The quantitative estimate of drug-likeness (QED) is 0.414. The van der Waals surface area contributed by atoms with E-state index in [0.29, 0.717) is 5.56 Å². The molecule has 3 aromatic heterocycles. The summed E-state index contributed by atoms with van der Waals surface area (Å²) in [5, 5.41) is 19.2. The van der Waals surface area contributed by atoms with E-state index >= 15 is 0 Å². The number of rotatable bonds is 7. The van der Waals surface area contributed by atoms with E-state index < -0.39 is 23.5 Å². The largest absolute Gasteiger partial charge is 0.476 e. The van der Waals surface area contributed by atoms with Gasteiger partial charge in [0.05, 0.1) is 0 Å². The van der Waals surface area contributed by atoms with E-state index in [4.69, 9.17) is 10.2 Å². The van der Waals surface area contributed by atoms with Crippen molar-refractivity contribution in [3.8, 4) is 22.9 Å². The molecule has 0 saturated carbocycles. The molecule has 1 aromatic carbocycles. The van der Waals surface area contributed by atoms with Crippen LogP contribution in [0.1, 0.15) is 44.2 Å². The van der Waals surface area contributed by atoms with Gasteiger partial charge >= 0.3 is 5.97 Å². The van der Waals surface area contributed by atoms with E-state index in [-0.39, 0.29) is 40.3 Å². The molecule has 0 aliphatic carbocycles. The highest BCUT2D eigenvalue weighted by Crippen LogP contribution is 2.31. The van der Waals surface area contributed by atoms with Gasteiger partial charge in [-0.3, -0.25) is 4.79 Å². The highest BCUT2D eigenvalue weighted by atomic mass is 32.1. The Kier molecular flexibility index (Phi) is 5.49. The highest BCUT2D eigenvalue weighted by molar-refractivity contribution is 7.09. The fourth-order valence-corrected chi connectivity index (χ4v) is 3.83. The number of aromatic carboxylic acids is 1. The molecule has 1 amide bonds. The molecule has 0 saturated heterocycles. The third kappa shape index (κ3) is 4.48. The fraction of sp³-hybridized carbons (Fsp3) is 0.200. The Hall–Kier alpha value is -4.00. The molecule has 0 aliphatic rings. The molecule has 10 nitrogen and oxygen atoms in total. The van der Waals surface area contributed by atoms with Crippen molar-refractivity contribution in [3.05, 3.63) is 57.3 Å². The first-order valence-electron chi connectivity index (χ1n) is 9.42. The number of amides is 1. The molecule has 3 N–H and O–H groups in total. The lowest BCUT2D eigenvalue weighted by Crippen LogP contribution is -2.14. The van der Waals surface area contributed by atoms with Gasteiger partial charge in [-0.2, -0.15) is 18.6 Å². The number of carbonyl (C=O) groups excluding carboxylic acids is 1. The Labute approximate surface area is 188 Å². The predicted molar refractivity (Wildman–Crippen MR) is 112 cm³/mol. The first-order valence-corrected chi connectivity index (χ1v) is 10.3. The third-order valence-corrected chi connectivity index (χ3v) is 5.31. The van der Waals surface area contributed by atoms with Gasteiger partial charge in [0.1, 0.15) is 17.2 Å². The Balaban J connectivity index is 1.75. The minimum atomic E-state index is -3.10. The lowest BCUT2D eigenvalue weighted by atomic mass is 10.1. The van der Waals surface area contributed by atoms with Gasteiger partial charge in [0.25, 0.3) is 17.7 Å². The van der Waals surface area contributed by atoms with Crippen LogP contribution < -0.4 is 5.73 Å². The number of thiazole rings is 1. The van der Waals surface area contributed by atoms with Gasteiger partial charge < -0.3 is 15.3 Å². The van der Waals surface area contributed by atoms with Gasteiger partial charge in [-0.25, -0.2) is 9.78 Å². The van der Waals surface area contributed by atoms with Crippen molar-refractivity contribution in [2.45, 2.75) is 26.3 Å². The summed E-state index contributed by atoms with van der Waals surface area (Å²) in [6, 6.07) is 6.92. The van der Waals surface area contributed by atoms with Crippen molar-refractivity contribution >= 4 is 23.2 Å². The maximum absolute atomic E-state index is 13.4. The zero-order valence-electron chi connectivity index (χ0n) is 17.2. The van der Waals surface area contributed by atoms with E-state index in [9.17, 15) is 23.5 Å². The highest BCUT2D eigenvalue weighted by Gasteiger charge is 2.29. The first kappa shape index (κ1) is 22.2. The summed E-state index contributed by atoms with van der Waals surface area (Å²) in [4.78, 5) is 32.6. The number of primary amides is 1. The summed E-state index contributed by atoms with van der Waals surface area (Å²) >= 11 is 0.975. The zero-order chi connectivity index (χ0) is 23.9. The van der Waals surface area contributed by atoms with E-state index in [2.05, 4.69) is 20.2 Å². The number of carboxylic acid groups (broad SMARTS) is 1. The van der Waals surface area contributed by atoms with Crippen LogP contribution in [0.4, 0.5) is 8.78 Å². The molecule has 0 fully saturated rings. The van der Waals surface area contributed by atoms with Crippen LogP contribution in [-0.2, 0) is 12.5 Å². The second-order valence-corrected chi connectivity index (χ2v) is 8.12. The van der Waals surface area contributed by atoms with Gasteiger partial charge in [-0.05, 0) is 13.0 Å². The molecule has 13 heteroatoms. The SMILES string of the molecule is Cc1cccc(-c2oc(-c3nn(Cc4nc(C(C)(F)F)cs4)nc3C(N)=O)nc2C(=O)O)c1. The molecule has 170 valence electrons. The summed E-state index contributed by atoms with van der Waals surface area (Å²) in [5.41, 5.74) is 5.46. The van der Waals surface area contributed by atoms with Crippen LogP contribution in [-0.4, -0.2) is 41.9 Å². The summed E-state index contributed by atoms with van der Waals surface area (Å²) in [6.45, 7) is 2.43. The number of alkyl halides is 2. The Morgan fingerprint density at radius 2 is 2.00 bits per heavy atom. The average molecular weight is 474 g/mol. The molecule has 0 radical (unpaired) electrons. The number of hydrogen-bond donors (Lipinski definition) is 2. The molecular weight excluding hydrogens is 458 g/mol. The van der Waals surface area contributed by atoms with Crippen LogP contribution in [0.5, 0.6) is 0 Å². The number of nitrogens with two attached hydrogens (primary N) is 1. The monoisotopic (exact) mass is 474 g/mol. The Morgan fingerprint density at radius 3 is 2.61 bits per heavy atom. The molecule has 0 unspecified atom stereocenters. The van der Waals surface area contributed by atoms with Crippen molar-refractivity contribution in [2.75, 3.05) is 0 Å². The van der Waals surface area contributed by atoms with Crippen LogP contribution in [0.3, 0.4) is 0 Å². The average Bonchev–Trinajstić information content (AvgIpc) is 3.45. The second-order valence-electron chi connectivity index (χ2n) is 7.18. The van der Waals surface area contributed by atoms with Crippen LogP contribution in [0.15, 0.2) is 34.1 Å². The minimum Gasteiger partial charge on any atom is -0.476 e. The van der Waals surface area contributed by atoms with Gasteiger partial charge in [0.15, 0.2) is 22.8 Å². The Bertz CT molecular complexity index is 1370. The molecule has 0 bridgehead atoms. The number of hydrogen-bond acceptors (Lipinski definition) is 8. The van der Waals surface area contributed by atoms with E-state index in [1.54, 1.807) is 18.2 Å². The van der Waals surface area contributed by atoms with Gasteiger partial charge in [-0.15, -0.1) is 21.5 Å². The van der Waals surface area contributed by atoms with E-state index in [1.165, 1.54) is 5.38 Å². The molecule has 4 rings (SSSR count). The molecular formula is C20H16F2N6O4S. The number of carboxylic acids is 1. The summed E-state index contributed by atoms with van der Waals surface area (Å²) in [6.07, 6.45) is 0. The van der Waals surface area contributed by atoms with Gasteiger partial charge in [0, 0.05) is 17.9 Å². The molecule has 3 heterocycles. The maximum Gasteiger partial charge on any atom is 0.358 e. The lowest BCUT2D eigenvalue weighted by Gasteiger charge is -2.04. The van der Waals surface area contributed by atoms with Crippen molar-refractivity contribution in [1.82, 2.24) is 25.0 Å². The third-order valence-electron chi connectivity index (χ3n) is 4.48. The number of carbonyl (C=O) groups is 2. The van der Waals surface area contributed by atoms with E-state index in [1.807, 2.05) is 13.0 Å². The fourth-order valence-electron chi connectivity index (χ4n) is 2.98. The van der Waals surface area contributed by atoms with Crippen LogP contribution in [0.25, 0.3) is 22.9 Å². The second kappa shape index (κ2) is 8.16. The molecule has 0 spiro atoms. The van der Waals surface area contributed by atoms with Crippen LogP contribution in [0, 0.1) is 6.92 Å². The summed E-state index contributed by atoms with van der Waals surface area (Å²) < 4.78 is 32.6. The van der Waals surface area contributed by atoms with Crippen LogP contribution >= 0.6 is 11.3 Å². The normalized spacial score (nSPS) is 11.6. The Morgan fingerprint density at radius 1 is 1.24 bits per heavy atom. The van der Waals surface area contributed by atoms with Crippen molar-refractivity contribution in [1.29, 1.82) is 0 Å². The summed E-state index contributed by atoms with van der Waals surface area (Å²) in [5.74, 6) is -5.70. The number of benzene rings is 1. The standard InChI is InChI=1S/C20H16F2N6O4S/c1-9-4-3-5-10(6-9)16-15(19(30)31)25-18(32-16)14-13(17(23)29)26-28(27-14)7-12-24-11(8-33-12)20(2,21)22/h3-6,8H,7H2,1-2H3,(H2,23,29)(H,30,31). The molecule has 4 aromatic rings. The number of aryl methyl sites for hydroxylation is 1. The molecule has 33 heavy (non-hydrogen) atoms. The number of halogens is 2. The van der Waals surface area contributed by atoms with Crippen LogP contribution in [0.2, 0.25) is 0 Å². The minimum absolute atomic E-state index is 0.0269. The van der Waals surface area contributed by atoms with Crippen molar-refractivity contribution in [2.24, 2.45) is 5.73 Å². The smallest absolute Gasteiger partial charge is 0.358 e. The number of oxazole rings is 1. The molecule has 0 atom stereocenters. The maximum atomic E-state index is 13.4. The first-order chi connectivity index (χ1) is 15.5. The number of nitrogens with zero attached hydrogens (tertiary/aromatic N) is 5. The van der Waals surface area contributed by atoms with E-state index in [0.717, 1.165) is 28.6 Å². The number of aromatic nitrogens is 5. The zero-order valence-corrected chi connectivity index (χ0v) is 18.1. The van der Waals surface area contributed by atoms with Gasteiger partial charge in [-0.1, -0.05) is 23.8 Å².